The van der Waals surface area contributed by atoms with Gasteiger partial charge in [-0.1, -0.05) is 6.07 Å². The lowest BCUT2D eigenvalue weighted by atomic mass is 10.1. The fourth-order valence-electron chi connectivity index (χ4n) is 1.69. The van der Waals surface area contributed by atoms with E-state index in [1.165, 1.54) is 0 Å². The number of ether oxygens (including phenoxy) is 2. The van der Waals surface area contributed by atoms with E-state index in [1.807, 2.05) is 18.2 Å². The first-order valence-corrected chi connectivity index (χ1v) is 5.60. The summed E-state index contributed by atoms with van der Waals surface area (Å²) in [6.45, 7) is 1.30. The van der Waals surface area contributed by atoms with Crippen LogP contribution in [0.5, 0.6) is 11.5 Å². The number of hydrogen-bond acceptors (Lipinski definition) is 4. The van der Waals surface area contributed by atoms with Crippen molar-refractivity contribution in [3.8, 4) is 11.5 Å². The molecular weight excluding hydrogens is 220 g/mol. The Bertz CT molecular complexity index is 420. The molecule has 1 unspecified atom stereocenters. The molecule has 2 rings (SSSR count). The molecule has 1 aliphatic rings. The summed E-state index contributed by atoms with van der Waals surface area (Å²) in [4.78, 5) is 10.9. The van der Waals surface area contributed by atoms with E-state index in [9.17, 15) is 4.79 Å². The van der Waals surface area contributed by atoms with Gasteiger partial charge < -0.3 is 20.9 Å². The van der Waals surface area contributed by atoms with Gasteiger partial charge in [0.25, 0.3) is 0 Å². The molecule has 0 spiro atoms. The zero-order valence-electron chi connectivity index (χ0n) is 9.52. The van der Waals surface area contributed by atoms with Crippen LogP contribution in [0.2, 0.25) is 0 Å². The quantitative estimate of drug-likeness (QED) is 0.785. The molecule has 1 atom stereocenters. The van der Waals surface area contributed by atoms with Gasteiger partial charge in [0.15, 0.2) is 11.5 Å². The first-order valence-electron chi connectivity index (χ1n) is 5.60. The molecule has 0 radical (unpaired) electrons. The number of carbonyl (C=O) groups excluding carboxylic acids is 1. The minimum Gasteiger partial charge on any atom is -0.490 e. The Kier molecular flexibility index (Phi) is 3.49. The highest BCUT2D eigenvalue weighted by molar-refractivity contribution is 5.79. The van der Waals surface area contributed by atoms with Crippen molar-refractivity contribution in [2.24, 2.45) is 11.5 Å². The monoisotopic (exact) mass is 236 g/mol. The minimum atomic E-state index is -0.667. The van der Waals surface area contributed by atoms with Gasteiger partial charge in [0.1, 0.15) is 0 Å². The highest BCUT2D eigenvalue weighted by atomic mass is 16.5. The number of nitrogens with two attached hydrogens (primary N) is 2. The molecule has 0 saturated heterocycles. The summed E-state index contributed by atoms with van der Waals surface area (Å²) >= 11 is 0. The molecule has 1 aromatic rings. The van der Waals surface area contributed by atoms with Gasteiger partial charge in [-0.25, -0.2) is 0 Å². The van der Waals surface area contributed by atoms with Crippen LogP contribution in [0.1, 0.15) is 12.0 Å². The van der Waals surface area contributed by atoms with Crippen LogP contribution in [0, 0.1) is 0 Å². The highest BCUT2D eigenvalue weighted by Gasteiger charge is 2.14. The van der Waals surface area contributed by atoms with E-state index in [2.05, 4.69) is 0 Å². The van der Waals surface area contributed by atoms with Gasteiger partial charge >= 0.3 is 0 Å². The third kappa shape index (κ3) is 2.88. The van der Waals surface area contributed by atoms with E-state index >= 15 is 0 Å². The predicted octanol–water partition coefficient (Wildman–Crippen LogP) is 0.203. The minimum absolute atomic E-state index is 0.409. The summed E-state index contributed by atoms with van der Waals surface area (Å²) in [6.07, 6.45) is 1.27. The molecule has 1 amide bonds. The second-order valence-electron chi connectivity index (χ2n) is 4.04. The molecule has 5 heteroatoms. The lowest BCUT2D eigenvalue weighted by Gasteiger charge is -2.11. The van der Waals surface area contributed by atoms with Crippen LogP contribution < -0.4 is 20.9 Å². The van der Waals surface area contributed by atoms with Crippen molar-refractivity contribution in [1.82, 2.24) is 0 Å². The van der Waals surface area contributed by atoms with E-state index in [0.717, 1.165) is 17.7 Å². The van der Waals surface area contributed by atoms with Gasteiger partial charge in [0, 0.05) is 6.42 Å². The number of carbonyl (C=O) groups is 1. The third-order valence-corrected chi connectivity index (χ3v) is 2.63. The standard InChI is InChI=1S/C12H16N2O3/c13-9(12(14)15)6-8-2-3-10-11(7-8)17-5-1-4-16-10/h2-3,7,9H,1,4-6,13H2,(H2,14,15). The molecule has 1 aromatic carbocycles. The predicted molar refractivity (Wildman–Crippen MR) is 62.9 cm³/mol. The molecule has 0 aromatic heterocycles. The average Bonchev–Trinajstić information content (AvgIpc) is 2.53. The van der Waals surface area contributed by atoms with Crippen LogP contribution in [0.15, 0.2) is 18.2 Å². The van der Waals surface area contributed by atoms with Crippen LogP contribution in [0.4, 0.5) is 0 Å². The molecule has 5 nitrogen and oxygen atoms in total. The molecule has 0 bridgehead atoms. The summed E-state index contributed by atoms with van der Waals surface area (Å²) in [5.74, 6) is 0.938. The van der Waals surface area contributed by atoms with Gasteiger partial charge in [-0.3, -0.25) is 4.79 Å². The van der Waals surface area contributed by atoms with Crippen LogP contribution in [-0.2, 0) is 11.2 Å². The lowest BCUT2D eigenvalue weighted by Crippen LogP contribution is -2.38. The number of benzene rings is 1. The molecule has 92 valence electrons. The van der Waals surface area contributed by atoms with Gasteiger partial charge in [-0.2, -0.15) is 0 Å². The van der Waals surface area contributed by atoms with Crippen molar-refractivity contribution >= 4 is 5.91 Å². The normalized spacial score (nSPS) is 16.1. The average molecular weight is 236 g/mol. The van der Waals surface area contributed by atoms with E-state index in [1.54, 1.807) is 0 Å². The highest BCUT2D eigenvalue weighted by Crippen LogP contribution is 2.30. The second-order valence-corrected chi connectivity index (χ2v) is 4.04. The Morgan fingerprint density at radius 1 is 1.29 bits per heavy atom. The molecule has 0 saturated carbocycles. The Hall–Kier alpha value is -1.75. The largest absolute Gasteiger partial charge is 0.490 e. The van der Waals surface area contributed by atoms with Gasteiger partial charge in [0.2, 0.25) is 5.91 Å². The van der Waals surface area contributed by atoms with E-state index in [-0.39, 0.29) is 0 Å². The van der Waals surface area contributed by atoms with E-state index < -0.39 is 11.9 Å². The first kappa shape index (κ1) is 11.7. The summed E-state index contributed by atoms with van der Waals surface area (Å²) in [5.41, 5.74) is 11.7. The third-order valence-electron chi connectivity index (χ3n) is 2.63. The maximum Gasteiger partial charge on any atom is 0.234 e. The van der Waals surface area contributed by atoms with Crippen LogP contribution >= 0.6 is 0 Å². The number of fused-ring (bicyclic) bond motifs is 1. The van der Waals surface area contributed by atoms with Gasteiger partial charge in [-0.05, 0) is 24.1 Å². The van der Waals surface area contributed by atoms with E-state index in [0.29, 0.717) is 25.4 Å². The number of amides is 1. The molecule has 4 N–H and O–H groups in total. The SMILES string of the molecule is NC(=O)C(N)Cc1ccc2c(c1)OCCCO2. The van der Waals surface area contributed by atoms with Crippen molar-refractivity contribution < 1.29 is 14.3 Å². The summed E-state index contributed by atoms with van der Waals surface area (Å²) in [7, 11) is 0. The summed E-state index contributed by atoms with van der Waals surface area (Å²) in [6, 6.07) is 4.89. The first-order chi connectivity index (χ1) is 8.16. The fraction of sp³-hybridized carbons (Fsp3) is 0.417. The van der Waals surface area contributed by atoms with Gasteiger partial charge in [-0.15, -0.1) is 0 Å². The Morgan fingerprint density at radius 3 is 2.71 bits per heavy atom. The zero-order chi connectivity index (χ0) is 12.3. The maximum absolute atomic E-state index is 10.9. The van der Waals surface area contributed by atoms with E-state index in [4.69, 9.17) is 20.9 Å². The molecule has 17 heavy (non-hydrogen) atoms. The van der Waals surface area contributed by atoms with Crippen LogP contribution in [0.25, 0.3) is 0 Å². The second kappa shape index (κ2) is 5.05. The lowest BCUT2D eigenvalue weighted by molar-refractivity contribution is -0.119. The Morgan fingerprint density at radius 2 is 2.00 bits per heavy atom. The number of primary amides is 1. The fourth-order valence-corrected chi connectivity index (χ4v) is 1.69. The Balaban J connectivity index is 2.15. The van der Waals surface area contributed by atoms with Gasteiger partial charge in [0.05, 0.1) is 19.3 Å². The van der Waals surface area contributed by atoms with Crippen molar-refractivity contribution in [3.05, 3.63) is 23.8 Å². The smallest absolute Gasteiger partial charge is 0.234 e. The zero-order valence-corrected chi connectivity index (χ0v) is 9.52. The van der Waals surface area contributed by atoms with Crippen molar-refractivity contribution in [3.63, 3.8) is 0 Å². The van der Waals surface area contributed by atoms with Crippen molar-refractivity contribution in [2.75, 3.05) is 13.2 Å². The van der Waals surface area contributed by atoms with Crippen LogP contribution in [-0.4, -0.2) is 25.2 Å². The molecule has 1 heterocycles. The summed E-state index contributed by atoms with van der Waals surface area (Å²) < 4.78 is 11.1. The maximum atomic E-state index is 10.9. The van der Waals surface area contributed by atoms with Crippen molar-refractivity contribution in [2.45, 2.75) is 18.9 Å². The number of rotatable bonds is 3. The Labute approximate surface area is 99.7 Å². The van der Waals surface area contributed by atoms with Crippen LogP contribution in [0.3, 0.4) is 0 Å². The molecular formula is C12H16N2O3. The summed E-state index contributed by atoms with van der Waals surface area (Å²) in [5, 5.41) is 0. The topological polar surface area (TPSA) is 87.6 Å². The van der Waals surface area contributed by atoms with Crippen molar-refractivity contribution in [1.29, 1.82) is 0 Å². The molecule has 1 aliphatic heterocycles. The molecule has 0 fully saturated rings. The molecule has 0 aliphatic carbocycles. The number of hydrogen-bond donors (Lipinski definition) is 2.